The molecule has 1 saturated carbocycles. The molecule has 306 valence electrons. The molecule has 0 bridgehead atoms. The van der Waals surface area contributed by atoms with E-state index in [1.54, 1.807) is 37.3 Å². The van der Waals surface area contributed by atoms with Crippen molar-refractivity contribution in [3.63, 3.8) is 0 Å². The number of hydrogen-bond acceptors (Lipinski definition) is 12. The van der Waals surface area contributed by atoms with E-state index in [1.165, 1.54) is 30.5 Å². The number of halogens is 2. The number of piperidine rings is 1. The Kier molecular flexibility index (Phi) is 11.4. The maximum Gasteiger partial charge on any atom is 0.266 e. The fourth-order valence-electron chi connectivity index (χ4n) is 7.64. The molecule has 3 heterocycles. The minimum absolute atomic E-state index is 0.00576. The zero-order valence-corrected chi connectivity index (χ0v) is 33.9. The number of fused-ring (bicyclic) bond motifs is 1. The summed E-state index contributed by atoms with van der Waals surface area (Å²) in [6.07, 6.45) is 5.10. The number of carbonyl (C=O) groups is 5. The van der Waals surface area contributed by atoms with Gasteiger partial charge in [0, 0.05) is 30.8 Å². The first kappa shape index (κ1) is 41.1. The Hall–Kier alpha value is -6.05. The second-order valence-electron chi connectivity index (χ2n) is 14.4. The van der Waals surface area contributed by atoms with Gasteiger partial charge in [0.05, 0.1) is 31.7 Å². The highest BCUT2D eigenvalue weighted by molar-refractivity contribution is 9.10. The third kappa shape index (κ3) is 8.30. The van der Waals surface area contributed by atoms with E-state index in [9.17, 15) is 36.8 Å². The Morgan fingerprint density at radius 3 is 2.53 bits per heavy atom. The molecule has 6 N–H and O–H groups in total. The van der Waals surface area contributed by atoms with E-state index < -0.39 is 63.1 Å². The monoisotopic (exact) mass is 888 g/mol. The summed E-state index contributed by atoms with van der Waals surface area (Å²) in [5, 5.41) is 8.12. The fourth-order valence-corrected chi connectivity index (χ4v) is 9.46. The van der Waals surface area contributed by atoms with Crippen LogP contribution in [0.25, 0.3) is 0 Å². The predicted molar refractivity (Wildman–Crippen MR) is 216 cm³/mol. The van der Waals surface area contributed by atoms with Crippen molar-refractivity contribution in [3.8, 4) is 5.75 Å². The molecule has 4 aromatic rings. The van der Waals surface area contributed by atoms with Gasteiger partial charge in [0.25, 0.3) is 17.7 Å². The number of anilines is 4. The Morgan fingerprint density at radius 2 is 1.83 bits per heavy atom. The maximum atomic E-state index is 14.3. The number of carbonyl (C=O) groups excluding carboxylic acids is 5. The first-order chi connectivity index (χ1) is 28.1. The van der Waals surface area contributed by atoms with Crippen LogP contribution in [0.15, 0.2) is 82.8 Å². The van der Waals surface area contributed by atoms with Gasteiger partial charge in [-0.25, -0.2) is 22.5 Å². The van der Waals surface area contributed by atoms with E-state index in [0.717, 1.165) is 11.0 Å². The second-order valence-corrected chi connectivity index (χ2v) is 17.0. The van der Waals surface area contributed by atoms with Gasteiger partial charge in [0.2, 0.25) is 27.8 Å². The number of amides is 5. The van der Waals surface area contributed by atoms with Gasteiger partial charge < -0.3 is 21.1 Å². The van der Waals surface area contributed by atoms with Gasteiger partial charge in [0.15, 0.2) is 0 Å². The largest absolute Gasteiger partial charge is 0.486 e. The van der Waals surface area contributed by atoms with Crippen LogP contribution in [-0.4, -0.2) is 70.5 Å². The average molecular weight is 890 g/mol. The van der Waals surface area contributed by atoms with Gasteiger partial charge in [-0.15, -0.1) is 6.58 Å². The van der Waals surface area contributed by atoms with Gasteiger partial charge >= 0.3 is 0 Å². The number of primary amides is 1. The van der Waals surface area contributed by atoms with Crippen LogP contribution >= 0.6 is 15.9 Å². The molecule has 1 unspecified atom stereocenters. The van der Waals surface area contributed by atoms with E-state index in [4.69, 9.17) is 10.5 Å². The number of nitrogens with one attached hydrogen (secondary N) is 4. The summed E-state index contributed by atoms with van der Waals surface area (Å²) in [5.41, 5.74) is 5.34. The van der Waals surface area contributed by atoms with Crippen LogP contribution in [-0.2, 0) is 19.6 Å². The quantitative estimate of drug-likeness (QED) is 0.0852. The van der Waals surface area contributed by atoms with Crippen LogP contribution in [0.5, 0.6) is 5.75 Å². The molecule has 16 nitrogen and oxygen atoms in total. The molecule has 0 spiro atoms. The minimum atomic E-state index is -3.99. The maximum absolute atomic E-state index is 14.3. The lowest BCUT2D eigenvalue weighted by Gasteiger charge is -2.40. The fraction of sp³-hybridized carbons (Fsp3) is 0.275. The number of nitrogens with zero attached hydrogens (tertiary/aromatic N) is 3. The molecule has 1 atom stereocenters. The first-order valence-electron chi connectivity index (χ1n) is 18.5. The molecular formula is C40H38BrFN8O8S. The van der Waals surface area contributed by atoms with Crippen molar-refractivity contribution in [1.29, 1.82) is 0 Å². The Labute approximate surface area is 346 Å². The summed E-state index contributed by atoms with van der Waals surface area (Å²) in [4.78, 5) is 72.9. The van der Waals surface area contributed by atoms with Crippen molar-refractivity contribution in [2.45, 2.75) is 74.4 Å². The van der Waals surface area contributed by atoms with Crippen LogP contribution in [0.3, 0.4) is 0 Å². The third-order valence-corrected chi connectivity index (χ3v) is 12.7. The summed E-state index contributed by atoms with van der Waals surface area (Å²) in [5.74, 6) is -3.77. The van der Waals surface area contributed by atoms with Gasteiger partial charge in [-0.1, -0.05) is 18.2 Å². The van der Waals surface area contributed by atoms with E-state index in [2.05, 4.69) is 53.1 Å². The molecule has 5 amide bonds. The summed E-state index contributed by atoms with van der Waals surface area (Å²) < 4.78 is 51.6. The van der Waals surface area contributed by atoms with Crippen LogP contribution in [0.1, 0.15) is 81.6 Å². The number of imide groups is 2. The highest BCUT2D eigenvalue weighted by Gasteiger charge is 2.47. The lowest BCUT2D eigenvalue weighted by Crippen LogP contribution is -2.54. The van der Waals surface area contributed by atoms with E-state index >= 15 is 0 Å². The van der Waals surface area contributed by atoms with Crippen LogP contribution in [0.2, 0.25) is 0 Å². The molecule has 7 rings (SSSR count). The topological polar surface area (TPSA) is 232 Å². The minimum Gasteiger partial charge on any atom is -0.486 e. The molecule has 1 aromatic heterocycles. The number of hydrogen-bond donors (Lipinski definition) is 5. The lowest BCUT2D eigenvalue weighted by molar-refractivity contribution is -0.136. The number of benzene rings is 3. The molecule has 3 aliphatic rings. The normalized spacial score (nSPS) is 20.5. The molecular weight excluding hydrogens is 851 g/mol. The standard InChI is InChI=1S/C40H38BrFN8O8S/c1-3-16-40(58-29-9-4-6-24-32(29)38(55)50(37(24)54)28-11-13-31(51)47-36(28)53)17-14-22(15-18-40)49-59(56,57)30-12-10-23(19-21(30)2)45-39-44-20-25(41)35(48-39)46-27-8-5-7-26(42)33(27)34(43)52/h3-10,12,19-20,22,28,49H,1,11,13-18H2,2H3,(H2,43,52)(H,47,51,53)(H2,44,45,46,48). The number of nitrogens with two attached hydrogens (primary N) is 1. The van der Waals surface area contributed by atoms with Crippen molar-refractivity contribution >= 4 is 78.6 Å². The molecule has 59 heavy (non-hydrogen) atoms. The van der Waals surface area contributed by atoms with E-state index in [1.807, 2.05) is 0 Å². The van der Waals surface area contributed by atoms with Crippen LogP contribution in [0.4, 0.5) is 27.5 Å². The van der Waals surface area contributed by atoms with Crippen molar-refractivity contribution in [2.75, 3.05) is 10.6 Å². The molecule has 2 fully saturated rings. The highest BCUT2D eigenvalue weighted by Crippen LogP contribution is 2.41. The molecule has 3 aromatic carbocycles. The Bertz CT molecular complexity index is 2550. The van der Waals surface area contributed by atoms with Gasteiger partial charge in [-0.3, -0.25) is 34.2 Å². The van der Waals surface area contributed by atoms with E-state index in [-0.39, 0.29) is 57.6 Å². The highest BCUT2D eigenvalue weighted by atomic mass is 79.9. The van der Waals surface area contributed by atoms with Gasteiger partial charge in [-0.2, -0.15) is 4.98 Å². The van der Waals surface area contributed by atoms with Crippen molar-refractivity contribution in [2.24, 2.45) is 5.73 Å². The smallest absolute Gasteiger partial charge is 0.266 e. The first-order valence-corrected chi connectivity index (χ1v) is 20.8. The Morgan fingerprint density at radius 1 is 1.08 bits per heavy atom. The summed E-state index contributed by atoms with van der Waals surface area (Å²) >= 11 is 3.34. The van der Waals surface area contributed by atoms with Gasteiger partial charge in [0.1, 0.15) is 29.0 Å². The average Bonchev–Trinajstić information content (AvgIpc) is 3.43. The number of rotatable bonds is 13. The lowest BCUT2D eigenvalue weighted by atomic mass is 9.80. The van der Waals surface area contributed by atoms with Crippen LogP contribution in [0, 0.1) is 12.7 Å². The number of ether oxygens (including phenoxy) is 1. The van der Waals surface area contributed by atoms with Crippen molar-refractivity contribution in [1.82, 2.24) is 24.9 Å². The number of aromatic nitrogens is 2. The Balaban J connectivity index is 1.01. The zero-order chi connectivity index (χ0) is 42.2. The second kappa shape index (κ2) is 16.3. The number of aryl methyl sites for hydroxylation is 1. The summed E-state index contributed by atoms with van der Waals surface area (Å²) in [7, 11) is -3.99. The van der Waals surface area contributed by atoms with Crippen LogP contribution < -0.4 is 31.1 Å². The molecule has 1 aliphatic carbocycles. The van der Waals surface area contributed by atoms with Crippen molar-refractivity contribution < 1.29 is 41.5 Å². The summed E-state index contributed by atoms with van der Waals surface area (Å²) in [6.45, 7) is 5.54. The molecule has 2 aliphatic heterocycles. The number of sulfonamides is 1. The molecule has 1 saturated heterocycles. The van der Waals surface area contributed by atoms with Crippen molar-refractivity contribution in [3.05, 3.63) is 106 Å². The zero-order valence-electron chi connectivity index (χ0n) is 31.5. The SMILES string of the molecule is C=CCC1(Oc2cccc3c2C(=O)N(C2CCC(=O)NC2=O)C3=O)CCC(NS(=O)(=O)c2ccc(Nc3ncc(Br)c(Nc4cccc(F)c4C(N)=O)n3)cc2C)CC1. The summed E-state index contributed by atoms with van der Waals surface area (Å²) in [6, 6.07) is 11.8. The van der Waals surface area contributed by atoms with Gasteiger partial charge in [-0.05, 0) is 103 Å². The molecule has 0 radical (unpaired) electrons. The third-order valence-electron chi connectivity index (χ3n) is 10.5. The van der Waals surface area contributed by atoms with E-state index in [0.29, 0.717) is 47.8 Å². The predicted octanol–water partition coefficient (Wildman–Crippen LogP) is 5.29. The molecule has 19 heteroatoms.